The molecule has 1 saturated heterocycles. The van der Waals surface area contributed by atoms with Crippen LogP contribution >= 0.6 is 23.4 Å². The number of ether oxygens (including phenoxy) is 2. The molecule has 0 aromatic heterocycles. The van der Waals surface area contributed by atoms with Gasteiger partial charge >= 0.3 is 0 Å². The Balaban J connectivity index is 1.22. The van der Waals surface area contributed by atoms with Gasteiger partial charge in [0.1, 0.15) is 6.17 Å². The molecule has 1 aromatic rings. The van der Waals surface area contributed by atoms with Crippen molar-refractivity contribution >= 4 is 35.2 Å². The van der Waals surface area contributed by atoms with Crippen molar-refractivity contribution in [3.05, 3.63) is 22.2 Å². The number of hydrogen-bond acceptors (Lipinski definition) is 6. The van der Waals surface area contributed by atoms with Crippen LogP contribution < -0.4 is 25.4 Å². The highest BCUT2D eigenvalue weighted by molar-refractivity contribution is 7.99. The number of thioether (sulfide) groups is 1. The highest BCUT2D eigenvalue weighted by Gasteiger charge is 2.48. The number of carbonyl (C=O) groups is 2. The smallest absolute Gasteiger partial charge is 0.251 e. The first-order valence-corrected chi connectivity index (χ1v) is 15.5. The molecule has 2 saturated carbocycles. The van der Waals surface area contributed by atoms with Gasteiger partial charge in [0, 0.05) is 53.9 Å². The van der Waals surface area contributed by atoms with Gasteiger partial charge in [-0.15, -0.1) is 0 Å². The van der Waals surface area contributed by atoms with Gasteiger partial charge < -0.3 is 25.4 Å². The number of carbonyl (C=O) groups excluding carboxylic acids is 2. The molecule has 2 aliphatic heterocycles. The number of fused-ring (bicyclic) bond motifs is 1. The van der Waals surface area contributed by atoms with Crippen LogP contribution in [-0.4, -0.2) is 59.9 Å². The molecule has 2 heterocycles. The van der Waals surface area contributed by atoms with Gasteiger partial charge in [-0.1, -0.05) is 11.6 Å². The maximum absolute atomic E-state index is 13.2. The number of rotatable bonds is 7. The fraction of sp³-hybridized carbons (Fsp3) is 0.714. The van der Waals surface area contributed by atoms with Gasteiger partial charge in [-0.2, -0.15) is 11.8 Å². The van der Waals surface area contributed by atoms with E-state index in [1.165, 1.54) is 0 Å². The van der Waals surface area contributed by atoms with E-state index >= 15 is 0 Å². The third kappa shape index (κ3) is 5.48. The van der Waals surface area contributed by atoms with E-state index < -0.39 is 12.0 Å². The van der Waals surface area contributed by atoms with E-state index in [-0.39, 0.29) is 41.5 Å². The van der Waals surface area contributed by atoms with Crippen molar-refractivity contribution < 1.29 is 23.5 Å². The van der Waals surface area contributed by atoms with Crippen LogP contribution in [0.1, 0.15) is 74.7 Å². The summed E-state index contributed by atoms with van der Waals surface area (Å²) in [6, 6.07) is 2.47. The van der Waals surface area contributed by atoms with Gasteiger partial charge in [0.2, 0.25) is 5.91 Å². The molecule has 3 N–H and O–H groups in total. The summed E-state index contributed by atoms with van der Waals surface area (Å²) in [6.45, 7) is 6.06. The Kier molecular flexibility index (Phi) is 8.09. The molecule has 2 aliphatic carbocycles. The molecule has 3 fully saturated rings. The average Bonchev–Trinajstić information content (AvgIpc) is 3.24. The average molecular weight is 568 g/mol. The summed E-state index contributed by atoms with van der Waals surface area (Å²) in [6.07, 6.45) is 7.30. The van der Waals surface area contributed by atoms with E-state index in [0.29, 0.717) is 52.6 Å². The summed E-state index contributed by atoms with van der Waals surface area (Å²) in [5.74, 6) is -0.287. The van der Waals surface area contributed by atoms with Crippen molar-refractivity contribution in [1.82, 2.24) is 16.0 Å². The lowest BCUT2D eigenvalue weighted by atomic mass is 9.80. The first-order valence-electron chi connectivity index (χ1n) is 13.8. The number of alkyl halides is 1. The minimum atomic E-state index is -0.861. The molecule has 210 valence electrons. The number of halogens is 2. The molecule has 0 radical (unpaired) electrons. The lowest BCUT2D eigenvalue weighted by Crippen LogP contribution is -2.52. The zero-order chi connectivity index (χ0) is 27.2. The molecule has 0 bridgehead atoms. The van der Waals surface area contributed by atoms with Crippen LogP contribution in [0.4, 0.5) is 4.39 Å². The molecular formula is C28H39ClFN3O4S. The maximum atomic E-state index is 13.2. The molecular weight excluding hydrogens is 529 g/mol. The quantitative estimate of drug-likeness (QED) is 0.440. The second-order valence-electron chi connectivity index (χ2n) is 11.6. The second kappa shape index (κ2) is 11.0. The van der Waals surface area contributed by atoms with Crippen LogP contribution in [0.2, 0.25) is 5.02 Å². The van der Waals surface area contributed by atoms with Crippen molar-refractivity contribution in [3.8, 4) is 11.5 Å². The first-order chi connectivity index (χ1) is 18.1. The van der Waals surface area contributed by atoms with Crippen LogP contribution in [0.5, 0.6) is 11.5 Å². The lowest BCUT2D eigenvalue weighted by Gasteiger charge is -2.40. The summed E-state index contributed by atoms with van der Waals surface area (Å²) in [7, 11) is 0. The predicted octanol–water partition coefficient (Wildman–Crippen LogP) is 4.77. The molecule has 2 amide bonds. The summed E-state index contributed by atoms with van der Waals surface area (Å²) in [5, 5.41) is 10.0. The SMILES string of the molecule is CSC1CC(C)NC(=O)C1CNC(=O)c1cc(Cl)c2c(c1C)OC(C)(C1CCC(NC3CC(F)C3)CC1)O2. The standard InChI is InChI=1S/C28H39ClFN3O4S/c1-14-9-23(38-4)21(27(35)32-14)13-31-26(34)20-12-22(29)25-24(15(20)2)36-28(3,37-25)16-5-7-18(8-6-16)33-19-10-17(30)11-19/h12,14,16-19,21,23,33H,5-11,13H2,1-4H3,(H,31,34)(H,32,35). The van der Waals surface area contributed by atoms with E-state index in [9.17, 15) is 14.0 Å². The van der Waals surface area contributed by atoms with Crippen molar-refractivity contribution in [2.24, 2.45) is 11.8 Å². The minimum Gasteiger partial charge on any atom is -0.448 e. The van der Waals surface area contributed by atoms with Crippen LogP contribution in [0.25, 0.3) is 0 Å². The fourth-order valence-electron chi connectivity index (χ4n) is 6.42. The van der Waals surface area contributed by atoms with Crippen LogP contribution in [0.3, 0.4) is 0 Å². The number of nitrogens with one attached hydrogen (secondary N) is 3. The zero-order valence-corrected chi connectivity index (χ0v) is 24.1. The van der Waals surface area contributed by atoms with Crippen molar-refractivity contribution in [3.63, 3.8) is 0 Å². The monoisotopic (exact) mass is 567 g/mol. The molecule has 10 heteroatoms. The van der Waals surface area contributed by atoms with Gasteiger partial charge in [-0.3, -0.25) is 9.59 Å². The highest BCUT2D eigenvalue weighted by Crippen LogP contribution is 2.51. The third-order valence-electron chi connectivity index (χ3n) is 8.86. The Hall–Kier alpha value is -1.71. The van der Waals surface area contributed by atoms with Gasteiger partial charge in [-0.05, 0) is 71.1 Å². The number of benzene rings is 1. The van der Waals surface area contributed by atoms with E-state index in [2.05, 4.69) is 16.0 Å². The molecule has 4 aliphatic rings. The van der Waals surface area contributed by atoms with Crippen molar-refractivity contribution in [1.29, 1.82) is 0 Å². The summed E-state index contributed by atoms with van der Waals surface area (Å²) in [5.41, 5.74) is 1.10. The second-order valence-corrected chi connectivity index (χ2v) is 13.1. The Morgan fingerprint density at radius 2 is 1.87 bits per heavy atom. The van der Waals surface area contributed by atoms with Crippen LogP contribution in [0, 0.1) is 18.8 Å². The van der Waals surface area contributed by atoms with Gasteiger partial charge in [0.15, 0.2) is 11.5 Å². The Morgan fingerprint density at radius 3 is 2.53 bits per heavy atom. The van der Waals surface area contributed by atoms with E-state index in [1.807, 2.05) is 27.0 Å². The normalized spacial score (nSPS) is 36.4. The van der Waals surface area contributed by atoms with E-state index in [0.717, 1.165) is 32.1 Å². The molecule has 7 nitrogen and oxygen atoms in total. The van der Waals surface area contributed by atoms with Crippen LogP contribution in [-0.2, 0) is 4.79 Å². The predicted molar refractivity (Wildman–Crippen MR) is 148 cm³/mol. The molecule has 0 spiro atoms. The number of piperidine rings is 1. The Bertz CT molecular complexity index is 1080. The molecule has 5 rings (SSSR count). The molecule has 4 unspecified atom stereocenters. The number of amides is 2. The fourth-order valence-corrected chi connectivity index (χ4v) is 7.69. The summed E-state index contributed by atoms with van der Waals surface area (Å²) < 4.78 is 25.9. The first kappa shape index (κ1) is 27.8. The topological polar surface area (TPSA) is 88.7 Å². The number of hydrogen-bond donors (Lipinski definition) is 3. The van der Waals surface area contributed by atoms with Crippen LogP contribution in [0.15, 0.2) is 6.07 Å². The van der Waals surface area contributed by atoms with Gasteiger partial charge in [0.05, 0.1) is 10.9 Å². The summed E-state index contributed by atoms with van der Waals surface area (Å²) >= 11 is 8.27. The Labute approximate surface area is 233 Å². The van der Waals surface area contributed by atoms with Crippen molar-refractivity contribution in [2.45, 2.75) is 101 Å². The third-order valence-corrected chi connectivity index (χ3v) is 10.3. The van der Waals surface area contributed by atoms with Crippen molar-refractivity contribution in [2.75, 3.05) is 12.8 Å². The minimum absolute atomic E-state index is 0.0242. The van der Waals surface area contributed by atoms with Gasteiger partial charge in [0.25, 0.3) is 11.7 Å². The Morgan fingerprint density at radius 1 is 1.18 bits per heavy atom. The highest BCUT2D eigenvalue weighted by atomic mass is 35.5. The van der Waals surface area contributed by atoms with E-state index in [1.54, 1.807) is 17.8 Å². The van der Waals surface area contributed by atoms with Gasteiger partial charge in [-0.25, -0.2) is 4.39 Å². The summed E-state index contributed by atoms with van der Waals surface area (Å²) in [4.78, 5) is 25.8. The lowest BCUT2D eigenvalue weighted by molar-refractivity contribution is -0.127. The molecule has 38 heavy (non-hydrogen) atoms. The maximum Gasteiger partial charge on any atom is 0.251 e. The largest absolute Gasteiger partial charge is 0.448 e. The molecule has 1 aromatic carbocycles. The van der Waals surface area contributed by atoms with E-state index in [4.69, 9.17) is 21.1 Å². The molecule has 4 atom stereocenters. The zero-order valence-electron chi connectivity index (χ0n) is 22.6.